The van der Waals surface area contributed by atoms with E-state index in [0.29, 0.717) is 17.5 Å². The quantitative estimate of drug-likeness (QED) is 0.845. The number of hydrogen-bond donors (Lipinski definition) is 1. The molecule has 2 N–H and O–H groups in total. The fraction of sp³-hybridized carbons (Fsp3) is 0.643. The monoisotopic (exact) mass is 293 g/mol. The molecule has 1 aliphatic rings. The number of aryl methyl sites for hydroxylation is 1. The van der Waals surface area contributed by atoms with Crippen molar-refractivity contribution in [3.05, 3.63) is 17.6 Å². The van der Waals surface area contributed by atoms with E-state index in [2.05, 4.69) is 39.7 Å². The molecule has 0 radical (unpaired) electrons. The Balaban J connectivity index is 2.05. The lowest BCUT2D eigenvalue weighted by molar-refractivity contribution is 0.291. The summed E-state index contributed by atoms with van der Waals surface area (Å²) in [5.41, 5.74) is 6.63. The first-order chi connectivity index (χ1) is 9.45. The van der Waals surface area contributed by atoms with Gasteiger partial charge in [-0.1, -0.05) is 26.1 Å². The molecular formula is C14H23N5S. The summed E-state index contributed by atoms with van der Waals surface area (Å²) < 4.78 is 0. The van der Waals surface area contributed by atoms with Gasteiger partial charge in [-0.05, 0) is 6.92 Å². The van der Waals surface area contributed by atoms with Crippen molar-refractivity contribution in [1.82, 2.24) is 14.9 Å². The Morgan fingerprint density at radius 3 is 2.50 bits per heavy atom. The highest BCUT2D eigenvalue weighted by atomic mass is 32.1. The van der Waals surface area contributed by atoms with Crippen LogP contribution in [-0.4, -0.2) is 52.6 Å². The second kappa shape index (κ2) is 6.45. The lowest BCUT2D eigenvalue weighted by atomic mass is 10.2. The second-order valence-corrected chi connectivity index (χ2v) is 6.13. The zero-order valence-electron chi connectivity index (χ0n) is 12.5. The third-order valence-corrected chi connectivity index (χ3v) is 3.58. The maximum Gasteiger partial charge on any atom is 0.133 e. The van der Waals surface area contributed by atoms with Gasteiger partial charge >= 0.3 is 0 Å². The Bertz CT molecular complexity index is 480. The first-order valence-electron chi connectivity index (χ1n) is 7.07. The number of nitrogens with zero attached hydrogens (tertiary/aromatic N) is 4. The van der Waals surface area contributed by atoms with Crippen LogP contribution in [0.5, 0.6) is 0 Å². The average Bonchev–Trinajstić information content (AvgIpc) is 2.38. The van der Waals surface area contributed by atoms with Gasteiger partial charge < -0.3 is 10.6 Å². The van der Waals surface area contributed by atoms with Crippen molar-refractivity contribution in [1.29, 1.82) is 0 Å². The Hall–Kier alpha value is -1.27. The van der Waals surface area contributed by atoms with Crippen LogP contribution in [0.1, 0.15) is 31.3 Å². The minimum Gasteiger partial charge on any atom is -0.392 e. The van der Waals surface area contributed by atoms with Crippen LogP contribution in [0.4, 0.5) is 5.82 Å². The van der Waals surface area contributed by atoms with Crippen LogP contribution in [0.2, 0.25) is 0 Å². The molecule has 1 aromatic heterocycles. The van der Waals surface area contributed by atoms with Crippen LogP contribution in [-0.2, 0) is 0 Å². The molecule has 0 bridgehead atoms. The number of nitrogens with two attached hydrogens (primary N) is 1. The Morgan fingerprint density at radius 2 is 1.95 bits per heavy atom. The first kappa shape index (κ1) is 15.1. The van der Waals surface area contributed by atoms with Crippen molar-refractivity contribution in [2.24, 2.45) is 5.73 Å². The zero-order chi connectivity index (χ0) is 14.7. The van der Waals surface area contributed by atoms with E-state index in [1.807, 2.05) is 6.92 Å². The summed E-state index contributed by atoms with van der Waals surface area (Å²) in [6.45, 7) is 10.8. The van der Waals surface area contributed by atoms with Gasteiger partial charge in [-0.3, -0.25) is 4.90 Å². The lowest BCUT2D eigenvalue weighted by Crippen LogP contribution is -2.49. The molecule has 0 unspecified atom stereocenters. The van der Waals surface area contributed by atoms with Gasteiger partial charge in [0.05, 0.1) is 4.99 Å². The first-order valence-corrected chi connectivity index (χ1v) is 7.47. The van der Waals surface area contributed by atoms with E-state index in [1.165, 1.54) is 0 Å². The molecule has 1 fully saturated rings. The van der Waals surface area contributed by atoms with Crippen molar-refractivity contribution < 1.29 is 0 Å². The largest absolute Gasteiger partial charge is 0.392 e. The van der Waals surface area contributed by atoms with Crippen LogP contribution in [0, 0.1) is 6.92 Å². The van der Waals surface area contributed by atoms with Crippen molar-refractivity contribution in [3.63, 3.8) is 0 Å². The summed E-state index contributed by atoms with van der Waals surface area (Å²) in [7, 11) is 0. The number of piperazine rings is 1. The van der Waals surface area contributed by atoms with Gasteiger partial charge in [0.25, 0.3) is 0 Å². The van der Waals surface area contributed by atoms with Crippen molar-refractivity contribution in [3.8, 4) is 0 Å². The summed E-state index contributed by atoms with van der Waals surface area (Å²) in [6.07, 6.45) is 0. The van der Waals surface area contributed by atoms with E-state index in [4.69, 9.17) is 18.0 Å². The maximum absolute atomic E-state index is 5.60. The highest BCUT2D eigenvalue weighted by Gasteiger charge is 2.19. The summed E-state index contributed by atoms with van der Waals surface area (Å²) in [4.78, 5) is 14.4. The molecule has 0 aliphatic carbocycles. The molecule has 0 atom stereocenters. The molecule has 2 heterocycles. The Labute approximate surface area is 126 Å². The number of rotatable bonds is 4. The van der Waals surface area contributed by atoms with E-state index >= 15 is 0 Å². The molecule has 1 aromatic rings. The van der Waals surface area contributed by atoms with Crippen molar-refractivity contribution >= 4 is 23.0 Å². The summed E-state index contributed by atoms with van der Waals surface area (Å²) in [5.74, 6) is 2.31. The van der Waals surface area contributed by atoms with Crippen molar-refractivity contribution in [2.75, 3.05) is 37.6 Å². The Kier molecular flexibility index (Phi) is 4.88. The minimum absolute atomic E-state index is 0.351. The highest BCUT2D eigenvalue weighted by Crippen LogP contribution is 2.18. The zero-order valence-corrected chi connectivity index (χ0v) is 13.3. The topological polar surface area (TPSA) is 58.3 Å². The van der Waals surface area contributed by atoms with E-state index in [0.717, 1.165) is 43.5 Å². The van der Waals surface area contributed by atoms with Gasteiger partial charge in [-0.2, -0.15) is 0 Å². The number of anilines is 1. The van der Waals surface area contributed by atoms with E-state index in [9.17, 15) is 0 Å². The van der Waals surface area contributed by atoms with Crippen LogP contribution < -0.4 is 10.6 Å². The molecule has 20 heavy (non-hydrogen) atoms. The van der Waals surface area contributed by atoms with Gasteiger partial charge in [0.1, 0.15) is 11.6 Å². The number of thiocarbonyl (C=S) groups is 1. The van der Waals surface area contributed by atoms with E-state index in [1.54, 1.807) is 0 Å². The fourth-order valence-corrected chi connectivity index (χ4v) is 2.53. The molecule has 0 saturated carbocycles. The van der Waals surface area contributed by atoms with Gasteiger partial charge in [-0.25, -0.2) is 9.97 Å². The third-order valence-electron chi connectivity index (χ3n) is 3.45. The standard InChI is InChI=1S/C14H23N5S/c1-10(2)14-16-11(3)8-13(17-14)19-6-4-18(5-7-19)9-12(15)20/h8,10H,4-7,9H2,1-3H3,(H2,15,20). The van der Waals surface area contributed by atoms with Gasteiger partial charge in [0.2, 0.25) is 0 Å². The third kappa shape index (κ3) is 3.86. The van der Waals surface area contributed by atoms with Gasteiger partial charge in [0, 0.05) is 50.4 Å². The summed E-state index contributed by atoms with van der Waals surface area (Å²) >= 11 is 4.96. The molecule has 110 valence electrons. The van der Waals surface area contributed by atoms with Crippen LogP contribution >= 0.6 is 12.2 Å². The molecule has 5 nitrogen and oxygen atoms in total. The molecule has 6 heteroatoms. The van der Waals surface area contributed by atoms with E-state index in [-0.39, 0.29) is 0 Å². The molecule has 2 rings (SSSR count). The molecule has 1 saturated heterocycles. The smallest absolute Gasteiger partial charge is 0.133 e. The van der Waals surface area contributed by atoms with Crippen LogP contribution in [0.3, 0.4) is 0 Å². The number of aromatic nitrogens is 2. The van der Waals surface area contributed by atoms with Crippen LogP contribution in [0.25, 0.3) is 0 Å². The molecule has 0 amide bonds. The fourth-order valence-electron chi connectivity index (χ4n) is 2.35. The molecule has 0 aromatic carbocycles. The minimum atomic E-state index is 0.351. The summed E-state index contributed by atoms with van der Waals surface area (Å²) in [6, 6.07) is 2.06. The SMILES string of the molecule is Cc1cc(N2CCN(CC(N)=S)CC2)nc(C(C)C)n1. The summed E-state index contributed by atoms with van der Waals surface area (Å²) in [5, 5.41) is 0. The number of hydrogen-bond acceptors (Lipinski definition) is 5. The predicted octanol–water partition coefficient (Wildman–Crippen LogP) is 1.32. The predicted molar refractivity (Wildman–Crippen MR) is 86.3 cm³/mol. The Morgan fingerprint density at radius 1 is 1.30 bits per heavy atom. The van der Waals surface area contributed by atoms with Gasteiger partial charge in [0.15, 0.2) is 0 Å². The molecular weight excluding hydrogens is 270 g/mol. The van der Waals surface area contributed by atoms with Crippen LogP contribution in [0.15, 0.2) is 6.07 Å². The van der Waals surface area contributed by atoms with E-state index < -0.39 is 0 Å². The van der Waals surface area contributed by atoms with Crippen molar-refractivity contribution in [2.45, 2.75) is 26.7 Å². The van der Waals surface area contributed by atoms with Gasteiger partial charge in [-0.15, -0.1) is 0 Å². The highest BCUT2D eigenvalue weighted by molar-refractivity contribution is 7.80. The second-order valence-electron chi connectivity index (χ2n) is 5.61. The maximum atomic E-state index is 5.60. The average molecular weight is 293 g/mol. The normalized spacial score (nSPS) is 16.7. The lowest BCUT2D eigenvalue weighted by Gasteiger charge is -2.35. The molecule has 0 spiro atoms. The molecule has 1 aliphatic heterocycles.